The van der Waals surface area contributed by atoms with E-state index in [4.69, 9.17) is 9.47 Å². The Morgan fingerprint density at radius 3 is 2.55 bits per heavy atom. The van der Waals surface area contributed by atoms with Gasteiger partial charge in [0.15, 0.2) is 0 Å². The number of nitrogens with zero attached hydrogens (tertiary/aromatic N) is 2. The number of hydrogen-bond acceptors (Lipinski definition) is 5. The molecule has 1 aliphatic heterocycles. The highest BCUT2D eigenvalue weighted by Gasteiger charge is 2.47. The van der Waals surface area contributed by atoms with Crippen molar-refractivity contribution in [3.8, 4) is 5.75 Å². The van der Waals surface area contributed by atoms with Crippen molar-refractivity contribution < 1.29 is 32.4 Å². The molecule has 7 nitrogen and oxygen atoms in total. The first-order valence-electron chi connectivity index (χ1n) is 12.6. The number of benzene rings is 2. The van der Waals surface area contributed by atoms with Crippen molar-refractivity contribution in [2.24, 2.45) is 5.41 Å². The zero-order valence-corrected chi connectivity index (χ0v) is 21.4. The van der Waals surface area contributed by atoms with E-state index in [9.17, 15) is 28.1 Å². The Labute approximate surface area is 218 Å². The molecule has 0 aromatic heterocycles. The molecule has 1 spiro atoms. The molecule has 2 atom stereocenters. The van der Waals surface area contributed by atoms with Gasteiger partial charge in [0.25, 0.3) is 5.69 Å². The van der Waals surface area contributed by atoms with Crippen molar-refractivity contribution in [3.05, 3.63) is 74.3 Å². The minimum Gasteiger partial charge on any atom is -0.496 e. The number of carbonyl (C=O) groups excluding carboxylic acids is 1. The van der Waals surface area contributed by atoms with Crippen LogP contribution in [0.25, 0.3) is 5.57 Å². The maximum Gasteiger partial charge on any atom is 0.416 e. The number of nitro groups is 1. The molecule has 1 saturated carbocycles. The molecular formula is C28H29F3N2O5. The topological polar surface area (TPSA) is 81.9 Å². The second-order valence-electron chi connectivity index (χ2n) is 10.7. The third-order valence-corrected chi connectivity index (χ3v) is 8.11. The quantitative estimate of drug-likeness (QED) is 0.291. The van der Waals surface area contributed by atoms with E-state index in [0.717, 1.165) is 49.0 Å². The van der Waals surface area contributed by atoms with Crippen LogP contribution in [0, 0.1) is 22.5 Å². The molecule has 0 bridgehead atoms. The molecule has 5 rings (SSSR count). The number of allylic oxidation sites excluding steroid dienone is 1. The van der Waals surface area contributed by atoms with Crippen LogP contribution in [0.5, 0.6) is 5.75 Å². The van der Waals surface area contributed by atoms with E-state index in [2.05, 4.69) is 0 Å². The predicted molar refractivity (Wildman–Crippen MR) is 134 cm³/mol. The minimum absolute atomic E-state index is 0.0479. The van der Waals surface area contributed by atoms with Crippen LogP contribution in [-0.4, -0.2) is 35.6 Å². The van der Waals surface area contributed by atoms with Crippen molar-refractivity contribution in [1.82, 2.24) is 4.90 Å². The third-order valence-electron chi connectivity index (χ3n) is 8.11. The van der Waals surface area contributed by atoms with E-state index in [-0.39, 0.29) is 17.6 Å². The largest absolute Gasteiger partial charge is 0.496 e. The minimum atomic E-state index is -4.51. The van der Waals surface area contributed by atoms with E-state index in [1.807, 2.05) is 0 Å². The van der Waals surface area contributed by atoms with Gasteiger partial charge in [-0.2, -0.15) is 13.2 Å². The number of aryl methyl sites for hydroxylation is 1. The van der Waals surface area contributed by atoms with Crippen LogP contribution in [0.15, 0.2) is 42.0 Å². The number of carbonyl (C=O) groups is 1. The van der Waals surface area contributed by atoms with Crippen LogP contribution in [0.3, 0.4) is 0 Å². The Morgan fingerprint density at radius 2 is 1.92 bits per heavy atom. The average Bonchev–Trinajstić information content (AvgIpc) is 3.55. The van der Waals surface area contributed by atoms with E-state index >= 15 is 0 Å². The summed E-state index contributed by atoms with van der Waals surface area (Å²) in [5, 5.41) is 11.5. The first kappa shape index (κ1) is 26.1. The van der Waals surface area contributed by atoms with Crippen molar-refractivity contribution in [2.45, 2.75) is 64.3 Å². The molecule has 0 N–H and O–H groups in total. The predicted octanol–water partition coefficient (Wildman–Crippen LogP) is 7.23. The normalized spacial score (nSPS) is 22.6. The van der Waals surface area contributed by atoms with Gasteiger partial charge < -0.3 is 9.47 Å². The molecule has 2 fully saturated rings. The van der Waals surface area contributed by atoms with Gasteiger partial charge in [-0.15, -0.1) is 0 Å². The van der Waals surface area contributed by atoms with Gasteiger partial charge in [-0.25, -0.2) is 4.79 Å². The smallest absolute Gasteiger partial charge is 0.416 e. The molecular weight excluding hydrogens is 501 g/mol. The number of cyclic esters (lactones) is 1. The lowest BCUT2D eigenvalue weighted by Gasteiger charge is -2.31. The fourth-order valence-corrected chi connectivity index (χ4v) is 5.85. The summed E-state index contributed by atoms with van der Waals surface area (Å²) in [6, 6.07) is 7.72. The molecule has 1 heterocycles. The first-order valence-corrected chi connectivity index (χ1v) is 12.6. The highest BCUT2D eigenvalue weighted by Crippen LogP contribution is 2.59. The van der Waals surface area contributed by atoms with Gasteiger partial charge >= 0.3 is 12.3 Å². The summed E-state index contributed by atoms with van der Waals surface area (Å²) in [6.07, 6.45) is -1.39. The first-order chi connectivity index (χ1) is 17.9. The second kappa shape index (κ2) is 9.32. The molecule has 10 heteroatoms. The molecule has 202 valence electrons. The van der Waals surface area contributed by atoms with E-state index in [0.29, 0.717) is 28.9 Å². The highest BCUT2D eigenvalue weighted by molar-refractivity contribution is 5.78. The Hall–Kier alpha value is -3.56. The number of hydrogen-bond donors (Lipinski definition) is 0. The summed E-state index contributed by atoms with van der Waals surface area (Å²) >= 11 is 0. The van der Waals surface area contributed by atoms with Gasteiger partial charge in [0.05, 0.1) is 23.6 Å². The SMILES string of the molecule is COc1ccc([N+](=O)[O-])cc1C1=C(CN2C(=O)O[C@H](c3cc(C)cc(C(F)(F)F)c3)[C@@H]2C)CC2(CC1)CC2. The summed E-state index contributed by atoms with van der Waals surface area (Å²) in [5.41, 5.74) is 2.63. The van der Waals surface area contributed by atoms with Crippen LogP contribution >= 0.6 is 0 Å². The molecule has 2 aromatic rings. The van der Waals surface area contributed by atoms with E-state index in [1.165, 1.54) is 19.2 Å². The molecule has 3 aliphatic rings. The average molecular weight is 531 g/mol. The van der Waals surface area contributed by atoms with Crippen molar-refractivity contribution in [1.29, 1.82) is 0 Å². The third kappa shape index (κ3) is 4.83. The van der Waals surface area contributed by atoms with Gasteiger partial charge in [-0.1, -0.05) is 11.6 Å². The van der Waals surface area contributed by atoms with Gasteiger partial charge in [0, 0.05) is 24.2 Å². The number of ether oxygens (including phenoxy) is 2. The number of alkyl halides is 3. The Balaban J connectivity index is 1.50. The van der Waals surface area contributed by atoms with Crippen molar-refractivity contribution in [3.63, 3.8) is 0 Å². The maximum absolute atomic E-state index is 13.4. The molecule has 1 saturated heterocycles. The van der Waals surface area contributed by atoms with Gasteiger partial charge in [-0.05, 0) is 86.3 Å². The summed E-state index contributed by atoms with van der Waals surface area (Å²) in [4.78, 5) is 25.6. The summed E-state index contributed by atoms with van der Waals surface area (Å²) in [5.74, 6) is 0.518. The molecule has 2 aromatic carbocycles. The Kier molecular flexibility index (Phi) is 6.39. The summed E-state index contributed by atoms with van der Waals surface area (Å²) in [7, 11) is 1.51. The fourth-order valence-electron chi connectivity index (χ4n) is 5.85. The van der Waals surface area contributed by atoms with Crippen LogP contribution in [0.1, 0.15) is 67.4 Å². The number of nitro benzene ring substituents is 1. The number of non-ortho nitro benzene ring substituents is 1. The highest BCUT2D eigenvalue weighted by atomic mass is 19.4. The molecule has 0 unspecified atom stereocenters. The zero-order chi connectivity index (χ0) is 27.4. The lowest BCUT2D eigenvalue weighted by Crippen LogP contribution is -2.35. The zero-order valence-electron chi connectivity index (χ0n) is 21.4. The van der Waals surface area contributed by atoms with Crippen LogP contribution in [0.4, 0.5) is 23.7 Å². The monoisotopic (exact) mass is 530 g/mol. The lowest BCUT2D eigenvalue weighted by atomic mass is 9.78. The van der Waals surface area contributed by atoms with Crippen molar-refractivity contribution >= 4 is 17.4 Å². The molecule has 38 heavy (non-hydrogen) atoms. The Morgan fingerprint density at radius 1 is 1.18 bits per heavy atom. The standard InChI is InChI=1S/C28H29F3N2O5/c1-16-10-18(12-20(11-16)28(29,30)31)25-17(2)32(26(34)38-25)15-19-14-27(8-9-27)7-6-22(19)23-13-21(33(35)36)4-5-24(23)37-3/h4-5,10-13,17,25H,6-9,14-15H2,1-3H3/t17-,25-/m0/s1. The van der Waals surface area contributed by atoms with E-state index < -0.39 is 34.9 Å². The van der Waals surface area contributed by atoms with Gasteiger partial charge in [0.2, 0.25) is 0 Å². The van der Waals surface area contributed by atoms with Gasteiger partial charge in [0.1, 0.15) is 11.9 Å². The Bertz CT molecular complexity index is 1330. The number of amides is 1. The number of rotatable bonds is 6. The fraction of sp³-hybridized carbons (Fsp3) is 0.464. The molecule has 2 aliphatic carbocycles. The summed E-state index contributed by atoms with van der Waals surface area (Å²) in [6.45, 7) is 3.59. The van der Waals surface area contributed by atoms with Crippen LogP contribution < -0.4 is 4.74 Å². The van der Waals surface area contributed by atoms with E-state index in [1.54, 1.807) is 30.9 Å². The lowest BCUT2D eigenvalue weighted by molar-refractivity contribution is -0.384. The molecule has 0 radical (unpaired) electrons. The maximum atomic E-state index is 13.4. The number of methoxy groups -OCH3 is 1. The van der Waals surface area contributed by atoms with Gasteiger partial charge in [-0.3, -0.25) is 15.0 Å². The van der Waals surface area contributed by atoms with Crippen LogP contribution in [-0.2, 0) is 10.9 Å². The van der Waals surface area contributed by atoms with Crippen molar-refractivity contribution in [2.75, 3.05) is 13.7 Å². The molecule has 1 amide bonds. The van der Waals surface area contributed by atoms with Crippen LogP contribution in [0.2, 0.25) is 0 Å². The second-order valence-corrected chi connectivity index (χ2v) is 10.7. The summed E-state index contributed by atoms with van der Waals surface area (Å²) < 4.78 is 51.5. The number of halogens is 3.